The van der Waals surface area contributed by atoms with Gasteiger partial charge in [0.15, 0.2) is 0 Å². The minimum Gasteiger partial charge on any atom is -0.393 e. The van der Waals surface area contributed by atoms with Crippen LogP contribution in [0.4, 0.5) is 0 Å². The van der Waals surface area contributed by atoms with Crippen LogP contribution >= 0.6 is 0 Å². The predicted molar refractivity (Wildman–Crippen MR) is 64.9 cm³/mol. The number of nitrogens with one attached hydrogen (secondary N) is 1. The van der Waals surface area contributed by atoms with Crippen LogP contribution in [0, 0.1) is 11.8 Å². The molecule has 90 valence electrons. The van der Waals surface area contributed by atoms with E-state index in [1.165, 1.54) is 25.7 Å². The average Bonchev–Trinajstić information content (AvgIpc) is 2.70. The summed E-state index contributed by atoms with van der Waals surface area (Å²) in [5, 5.41) is 13.2. The molecule has 15 heavy (non-hydrogen) atoms. The maximum absolute atomic E-state index is 9.66. The second kappa shape index (κ2) is 6.49. The first kappa shape index (κ1) is 13.0. The molecular formula is C13H27NO. The van der Waals surface area contributed by atoms with E-state index in [-0.39, 0.29) is 6.10 Å². The van der Waals surface area contributed by atoms with Crippen molar-refractivity contribution in [1.29, 1.82) is 0 Å². The van der Waals surface area contributed by atoms with E-state index in [2.05, 4.69) is 26.1 Å². The molecule has 0 aromatic carbocycles. The van der Waals surface area contributed by atoms with Crippen molar-refractivity contribution in [2.75, 3.05) is 6.54 Å². The van der Waals surface area contributed by atoms with Crippen molar-refractivity contribution in [3.8, 4) is 0 Å². The molecule has 0 saturated heterocycles. The van der Waals surface area contributed by atoms with Gasteiger partial charge in [-0.2, -0.15) is 0 Å². The molecule has 2 nitrogen and oxygen atoms in total. The van der Waals surface area contributed by atoms with Gasteiger partial charge in [0.2, 0.25) is 0 Å². The van der Waals surface area contributed by atoms with Gasteiger partial charge >= 0.3 is 0 Å². The molecule has 1 saturated carbocycles. The number of aliphatic hydroxyl groups is 1. The van der Waals surface area contributed by atoms with Gasteiger partial charge in [-0.25, -0.2) is 0 Å². The van der Waals surface area contributed by atoms with Gasteiger partial charge in [0.25, 0.3) is 0 Å². The molecule has 0 spiro atoms. The maximum atomic E-state index is 9.66. The van der Waals surface area contributed by atoms with E-state index in [4.69, 9.17) is 0 Å². The van der Waals surface area contributed by atoms with Crippen LogP contribution in [-0.4, -0.2) is 23.8 Å². The molecule has 2 atom stereocenters. The molecule has 0 aromatic rings. The highest BCUT2D eigenvalue weighted by molar-refractivity contribution is 4.77. The fraction of sp³-hybridized carbons (Fsp3) is 1.00. The molecule has 0 bridgehead atoms. The third-order valence-corrected chi connectivity index (χ3v) is 3.78. The summed E-state index contributed by atoms with van der Waals surface area (Å²) in [5.74, 6) is 1.26. The lowest BCUT2D eigenvalue weighted by Crippen LogP contribution is -2.34. The molecule has 0 heterocycles. The maximum Gasteiger partial charge on any atom is 0.0575 e. The summed E-state index contributed by atoms with van der Waals surface area (Å²) in [7, 11) is 0. The highest BCUT2D eigenvalue weighted by Gasteiger charge is 2.21. The van der Waals surface area contributed by atoms with Crippen LogP contribution < -0.4 is 5.32 Å². The Bertz CT molecular complexity index is 164. The summed E-state index contributed by atoms with van der Waals surface area (Å²) in [4.78, 5) is 0. The van der Waals surface area contributed by atoms with E-state index in [0.29, 0.717) is 12.0 Å². The van der Waals surface area contributed by atoms with Crippen molar-refractivity contribution in [2.45, 2.75) is 65.0 Å². The van der Waals surface area contributed by atoms with E-state index in [1.807, 2.05) is 0 Å². The zero-order valence-electron chi connectivity index (χ0n) is 10.5. The first-order chi connectivity index (χ1) is 7.11. The molecule has 1 aliphatic carbocycles. The number of hydrogen-bond acceptors (Lipinski definition) is 2. The van der Waals surface area contributed by atoms with Crippen molar-refractivity contribution >= 4 is 0 Å². The Kier molecular flexibility index (Phi) is 5.62. The lowest BCUT2D eigenvalue weighted by molar-refractivity contribution is 0.114. The molecule has 0 amide bonds. The summed E-state index contributed by atoms with van der Waals surface area (Å²) in [5.41, 5.74) is 0. The highest BCUT2D eigenvalue weighted by Crippen LogP contribution is 2.27. The Morgan fingerprint density at radius 3 is 2.33 bits per heavy atom. The van der Waals surface area contributed by atoms with Gasteiger partial charge in [-0.1, -0.05) is 26.7 Å². The monoisotopic (exact) mass is 213 g/mol. The highest BCUT2D eigenvalue weighted by atomic mass is 16.3. The lowest BCUT2D eigenvalue weighted by atomic mass is 9.99. The topological polar surface area (TPSA) is 32.3 Å². The molecule has 0 radical (unpaired) electrons. The van der Waals surface area contributed by atoms with Crippen molar-refractivity contribution in [3.63, 3.8) is 0 Å². The summed E-state index contributed by atoms with van der Waals surface area (Å²) >= 11 is 0. The Labute approximate surface area is 94.5 Å². The van der Waals surface area contributed by atoms with Crippen LogP contribution in [0.5, 0.6) is 0 Å². The lowest BCUT2D eigenvalue weighted by Gasteiger charge is -2.22. The molecule has 2 heteroatoms. The number of aliphatic hydroxyl groups excluding tert-OH is 1. The minimum absolute atomic E-state index is 0.145. The average molecular weight is 213 g/mol. The van der Waals surface area contributed by atoms with Crippen LogP contribution in [0.3, 0.4) is 0 Å². The fourth-order valence-corrected chi connectivity index (χ4v) is 2.42. The van der Waals surface area contributed by atoms with Crippen LogP contribution in [-0.2, 0) is 0 Å². The molecule has 1 fully saturated rings. The summed E-state index contributed by atoms with van der Waals surface area (Å²) in [6.45, 7) is 7.39. The van der Waals surface area contributed by atoms with E-state index in [1.54, 1.807) is 0 Å². The normalized spacial score (nSPS) is 22.2. The first-order valence-electron chi connectivity index (χ1n) is 6.52. The Hall–Kier alpha value is -0.0800. The first-order valence-corrected chi connectivity index (χ1v) is 6.52. The minimum atomic E-state index is -0.145. The third kappa shape index (κ3) is 4.52. The second-order valence-electron chi connectivity index (χ2n) is 5.39. The molecule has 0 aromatic heterocycles. The van der Waals surface area contributed by atoms with Crippen molar-refractivity contribution < 1.29 is 5.11 Å². The van der Waals surface area contributed by atoms with Gasteiger partial charge in [0.1, 0.15) is 0 Å². The Morgan fingerprint density at radius 2 is 1.80 bits per heavy atom. The zero-order chi connectivity index (χ0) is 11.3. The van der Waals surface area contributed by atoms with Crippen molar-refractivity contribution in [1.82, 2.24) is 5.32 Å². The largest absolute Gasteiger partial charge is 0.393 e. The van der Waals surface area contributed by atoms with Crippen LogP contribution in [0.2, 0.25) is 0 Å². The standard InChI is InChI=1S/C13H27NO/c1-10(2)13(15)8-9-14-11(3)12-6-4-5-7-12/h10-15H,4-9H2,1-3H3. The van der Waals surface area contributed by atoms with Gasteiger partial charge in [-0.3, -0.25) is 0 Å². The third-order valence-electron chi connectivity index (χ3n) is 3.78. The van der Waals surface area contributed by atoms with E-state index in [0.717, 1.165) is 18.9 Å². The molecule has 2 N–H and O–H groups in total. The molecule has 0 aliphatic heterocycles. The van der Waals surface area contributed by atoms with Gasteiger partial charge < -0.3 is 10.4 Å². The van der Waals surface area contributed by atoms with E-state index >= 15 is 0 Å². The number of rotatable bonds is 6. The predicted octanol–water partition coefficient (Wildman–Crippen LogP) is 2.56. The Morgan fingerprint density at radius 1 is 1.20 bits per heavy atom. The van der Waals surface area contributed by atoms with Crippen LogP contribution in [0.1, 0.15) is 52.9 Å². The summed E-state index contributed by atoms with van der Waals surface area (Å²) < 4.78 is 0. The fourth-order valence-electron chi connectivity index (χ4n) is 2.42. The van der Waals surface area contributed by atoms with Gasteiger partial charge in [-0.15, -0.1) is 0 Å². The van der Waals surface area contributed by atoms with Crippen molar-refractivity contribution in [3.05, 3.63) is 0 Å². The molecule has 2 unspecified atom stereocenters. The SMILES string of the molecule is CC(C)C(O)CCNC(C)C1CCCC1. The summed E-state index contributed by atoms with van der Waals surface area (Å²) in [6, 6.07) is 0.631. The number of hydrogen-bond donors (Lipinski definition) is 2. The molecule has 1 rings (SSSR count). The van der Waals surface area contributed by atoms with Crippen LogP contribution in [0.25, 0.3) is 0 Å². The quantitative estimate of drug-likeness (QED) is 0.711. The van der Waals surface area contributed by atoms with Crippen molar-refractivity contribution in [2.24, 2.45) is 11.8 Å². The molecular weight excluding hydrogens is 186 g/mol. The second-order valence-corrected chi connectivity index (χ2v) is 5.39. The van der Waals surface area contributed by atoms with E-state index < -0.39 is 0 Å². The van der Waals surface area contributed by atoms with Gasteiger partial charge in [0.05, 0.1) is 6.10 Å². The molecule has 1 aliphatic rings. The van der Waals surface area contributed by atoms with Gasteiger partial charge in [-0.05, 0) is 44.6 Å². The smallest absolute Gasteiger partial charge is 0.0575 e. The zero-order valence-corrected chi connectivity index (χ0v) is 10.5. The summed E-state index contributed by atoms with van der Waals surface area (Å²) in [6.07, 6.45) is 6.33. The van der Waals surface area contributed by atoms with Crippen LogP contribution in [0.15, 0.2) is 0 Å². The Balaban J connectivity index is 2.08. The van der Waals surface area contributed by atoms with E-state index in [9.17, 15) is 5.11 Å². The van der Waals surface area contributed by atoms with Gasteiger partial charge in [0, 0.05) is 6.04 Å².